The normalized spacial score (nSPS) is 18.1. The number of carbonyl (C=O) groups excluding carboxylic acids is 1. The van der Waals surface area contributed by atoms with Gasteiger partial charge in [-0.05, 0) is 54.5 Å². The van der Waals surface area contributed by atoms with Crippen LogP contribution in [0.25, 0.3) is 0 Å². The molecule has 0 saturated heterocycles. The average molecular weight is 443 g/mol. The van der Waals surface area contributed by atoms with Crippen LogP contribution in [-0.4, -0.2) is 46.3 Å². The fourth-order valence-electron chi connectivity index (χ4n) is 5.36. The third kappa shape index (κ3) is 4.04. The number of methoxy groups -OCH3 is 1. The van der Waals surface area contributed by atoms with E-state index in [9.17, 15) is 4.79 Å². The Balaban J connectivity index is 1.29. The van der Waals surface area contributed by atoms with Gasteiger partial charge in [0.05, 0.1) is 13.7 Å². The van der Waals surface area contributed by atoms with E-state index in [0.717, 1.165) is 62.1 Å². The summed E-state index contributed by atoms with van der Waals surface area (Å²) in [5, 5.41) is 8.02. The molecule has 1 aromatic heterocycles. The SMILES string of the molecule is COc1cccc(Cn2nc(C(=O)NC3CC3)c3c2CCN(C2Cc4ccccc4C2)C3)c1. The topological polar surface area (TPSA) is 59.4 Å². The quantitative estimate of drug-likeness (QED) is 0.636. The number of aromatic nitrogens is 2. The molecule has 170 valence electrons. The highest BCUT2D eigenvalue weighted by Crippen LogP contribution is 2.31. The lowest BCUT2D eigenvalue weighted by Gasteiger charge is -2.32. The van der Waals surface area contributed by atoms with Crippen LogP contribution < -0.4 is 10.1 Å². The zero-order chi connectivity index (χ0) is 22.4. The Labute approximate surface area is 194 Å². The molecule has 1 N–H and O–H groups in total. The first-order chi connectivity index (χ1) is 16.2. The number of rotatable bonds is 6. The Morgan fingerprint density at radius 2 is 1.91 bits per heavy atom. The van der Waals surface area contributed by atoms with Crippen molar-refractivity contribution in [2.24, 2.45) is 0 Å². The summed E-state index contributed by atoms with van der Waals surface area (Å²) >= 11 is 0. The molecular weight excluding hydrogens is 412 g/mol. The van der Waals surface area contributed by atoms with E-state index in [0.29, 0.717) is 24.3 Å². The third-order valence-electron chi connectivity index (χ3n) is 7.30. The van der Waals surface area contributed by atoms with Crippen molar-refractivity contribution in [2.45, 2.75) is 57.3 Å². The second kappa shape index (κ2) is 8.34. The smallest absolute Gasteiger partial charge is 0.272 e. The van der Waals surface area contributed by atoms with Gasteiger partial charge in [-0.2, -0.15) is 5.10 Å². The lowest BCUT2D eigenvalue weighted by Crippen LogP contribution is -2.40. The van der Waals surface area contributed by atoms with E-state index < -0.39 is 0 Å². The molecule has 6 nitrogen and oxygen atoms in total. The van der Waals surface area contributed by atoms with Crippen LogP contribution in [0.15, 0.2) is 48.5 Å². The van der Waals surface area contributed by atoms with Gasteiger partial charge in [0.15, 0.2) is 5.69 Å². The Morgan fingerprint density at radius 1 is 1.12 bits per heavy atom. The number of amides is 1. The molecule has 33 heavy (non-hydrogen) atoms. The highest BCUT2D eigenvalue weighted by molar-refractivity contribution is 5.94. The lowest BCUT2D eigenvalue weighted by molar-refractivity contribution is 0.0941. The van der Waals surface area contributed by atoms with E-state index in [1.807, 2.05) is 22.9 Å². The molecule has 1 amide bonds. The van der Waals surface area contributed by atoms with Crippen LogP contribution in [0.2, 0.25) is 0 Å². The molecule has 2 aromatic carbocycles. The molecule has 0 bridgehead atoms. The number of nitrogens with one attached hydrogen (secondary N) is 1. The molecule has 1 saturated carbocycles. The molecule has 0 unspecified atom stereocenters. The minimum absolute atomic E-state index is 0.0188. The van der Waals surface area contributed by atoms with Crippen LogP contribution in [-0.2, 0) is 32.4 Å². The monoisotopic (exact) mass is 442 g/mol. The predicted molar refractivity (Wildman–Crippen MR) is 127 cm³/mol. The van der Waals surface area contributed by atoms with Crippen LogP contribution in [0.5, 0.6) is 5.75 Å². The molecule has 3 aromatic rings. The molecule has 3 aliphatic rings. The summed E-state index contributed by atoms with van der Waals surface area (Å²) in [6.45, 7) is 2.43. The van der Waals surface area contributed by atoms with E-state index in [4.69, 9.17) is 9.84 Å². The molecule has 1 fully saturated rings. The zero-order valence-corrected chi connectivity index (χ0v) is 19.1. The number of hydrogen-bond acceptors (Lipinski definition) is 4. The van der Waals surface area contributed by atoms with Crippen molar-refractivity contribution >= 4 is 5.91 Å². The Morgan fingerprint density at radius 3 is 2.64 bits per heavy atom. The summed E-state index contributed by atoms with van der Waals surface area (Å²) in [6, 6.07) is 17.7. The van der Waals surface area contributed by atoms with Gasteiger partial charge >= 0.3 is 0 Å². The second-order valence-electron chi connectivity index (χ2n) is 9.58. The van der Waals surface area contributed by atoms with E-state index in [1.54, 1.807) is 7.11 Å². The van der Waals surface area contributed by atoms with Crippen LogP contribution in [0.1, 0.15) is 51.3 Å². The third-order valence-corrected chi connectivity index (χ3v) is 7.30. The molecule has 0 atom stereocenters. The fourth-order valence-corrected chi connectivity index (χ4v) is 5.36. The van der Waals surface area contributed by atoms with Crippen molar-refractivity contribution in [1.29, 1.82) is 0 Å². The first-order valence-electron chi connectivity index (χ1n) is 12.0. The van der Waals surface area contributed by atoms with Gasteiger partial charge < -0.3 is 10.1 Å². The summed E-state index contributed by atoms with van der Waals surface area (Å²) in [5.41, 5.74) is 6.98. The predicted octanol–water partition coefficient (Wildman–Crippen LogP) is 3.36. The molecule has 2 heterocycles. The summed E-state index contributed by atoms with van der Waals surface area (Å²) < 4.78 is 7.44. The van der Waals surface area contributed by atoms with Crippen molar-refractivity contribution in [3.8, 4) is 5.75 Å². The zero-order valence-electron chi connectivity index (χ0n) is 19.1. The minimum atomic E-state index is -0.0188. The number of fused-ring (bicyclic) bond motifs is 2. The maximum atomic E-state index is 13.1. The number of ether oxygens (including phenoxy) is 1. The van der Waals surface area contributed by atoms with Gasteiger partial charge in [0.1, 0.15) is 5.75 Å². The van der Waals surface area contributed by atoms with Crippen LogP contribution >= 0.6 is 0 Å². The molecular formula is C27H30N4O2. The molecule has 0 radical (unpaired) electrons. The maximum Gasteiger partial charge on any atom is 0.272 e. The Bertz CT molecular complexity index is 1170. The highest BCUT2D eigenvalue weighted by atomic mass is 16.5. The minimum Gasteiger partial charge on any atom is -0.497 e. The summed E-state index contributed by atoms with van der Waals surface area (Å²) in [4.78, 5) is 15.7. The largest absolute Gasteiger partial charge is 0.497 e. The van der Waals surface area contributed by atoms with Crippen LogP contribution in [0, 0.1) is 0 Å². The summed E-state index contributed by atoms with van der Waals surface area (Å²) in [6.07, 6.45) is 5.24. The summed E-state index contributed by atoms with van der Waals surface area (Å²) in [7, 11) is 1.69. The van der Waals surface area contributed by atoms with Crippen molar-refractivity contribution < 1.29 is 9.53 Å². The average Bonchev–Trinajstić information content (AvgIpc) is 3.43. The number of benzene rings is 2. The first kappa shape index (κ1) is 20.5. The van der Waals surface area contributed by atoms with Gasteiger partial charge in [-0.1, -0.05) is 36.4 Å². The van der Waals surface area contributed by atoms with E-state index in [1.165, 1.54) is 16.8 Å². The van der Waals surface area contributed by atoms with E-state index >= 15 is 0 Å². The van der Waals surface area contributed by atoms with Crippen LogP contribution in [0.3, 0.4) is 0 Å². The fraction of sp³-hybridized carbons (Fsp3) is 0.407. The van der Waals surface area contributed by atoms with Crippen molar-refractivity contribution in [3.63, 3.8) is 0 Å². The van der Waals surface area contributed by atoms with Crippen molar-refractivity contribution in [1.82, 2.24) is 20.0 Å². The molecule has 0 spiro atoms. The van der Waals surface area contributed by atoms with Gasteiger partial charge in [-0.15, -0.1) is 0 Å². The van der Waals surface area contributed by atoms with E-state index in [2.05, 4.69) is 40.5 Å². The number of carbonyl (C=O) groups is 1. The van der Waals surface area contributed by atoms with Gasteiger partial charge in [-0.25, -0.2) is 0 Å². The molecule has 6 rings (SSSR count). The molecule has 2 aliphatic carbocycles. The van der Waals surface area contributed by atoms with Gasteiger partial charge in [0.2, 0.25) is 0 Å². The maximum absolute atomic E-state index is 13.1. The molecule has 1 aliphatic heterocycles. The highest BCUT2D eigenvalue weighted by Gasteiger charge is 2.34. The van der Waals surface area contributed by atoms with Crippen molar-refractivity contribution in [3.05, 3.63) is 82.2 Å². The lowest BCUT2D eigenvalue weighted by atomic mass is 10.0. The van der Waals surface area contributed by atoms with Gasteiger partial charge in [-0.3, -0.25) is 14.4 Å². The number of nitrogens with zero attached hydrogens (tertiary/aromatic N) is 3. The summed E-state index contributed by atoms with van der Waals surface area (Å²) in [5.74, 6) is 0.821. The number of hydrogen-bond donors (Lipinski definition) is 1. The van der Waals surface area contributed by atoms with Crippen molar-refractivity contribution in [2.75, 3.05) is 13.7 Å². The van der Waals surface area contributed by atoms with Crippen LogP contribution in [0.4, 0.5) is 0 Å². The molecule has 6 heteroatoms. The van der Waals surface area contributed by atoms with Gasteiger partial charge in [0.25, 0.3) is 5.91 Å². The second-order valence-corrected chi connectivity index (χ2v) is 9.58. The first-order valence-corrected chi connectivity index (χ1v) is 12.0. The van der Waals surface area contributed by atoms with E-state index in [-0.39, 0.29) is 5.91 Å². The standard InChI is InChI=1S/C27H30N4O2/c1-33-23-8-4-5-18(13-23)16-31-25-11-12-30(22-14-19-6-2-3-7-20(19)15-22)17-24(25)26(29-31)27(32)28-21-9-10-21/h2-8,13,21-22H,9-12,14-17H2,1H3,(H,28,32). The Kier molecular flexibility index (Phi) is 5.18. The van der Waals surface area contributed by atoms with Gasteiger partial charge in [0, 0.05) is 42.9 Å². The Hall–Kier alpha value is -3.12.